The van der Waals surface area contributed by atoms with Crippen molar-refractivity contribution in [2.75, 3.05) is 0 Å². The van der Waals surface area contributed by atoms with Gasteiger partial charge >= 0.3 is 0 Å². The first kappa shape index (κ1) is 27.0. The average molecular weight is 585 g/mol. The lowest BCUT2D eigenvalue weighted by molar-refractivity contribution is 1.31. The highest BCUT2D eigenvalue weighted by Gasteiger charge is 2.19. The number of rotatable bonds is 4. The van der Waals surface area contributed by atoms with Gasteiger partial charge in [0.25, 0.3) is 0 Å². The fourth-order valence-corrected chi connectivity index (χ4v) is 6.48. The molecule has 46 heavy (non-hydrogen) atoms. The number of hydrogen-bond donors (Lipinski definition) is 0. The fourth-order valence-electron chi connectivity index (χ4n) is 6.48. The van der Waals surface area contributed by atoms with Crippen LogP contribution in [0.15, 0.2) is 146 Å². The topological polar surface area (TPSA) is 53.9 Å². The summed E-state index contributed by atoms with van der Waals surface area (Å²) in [6.45, 7) is 7.40. The lowest BCUT2D eigenvalue weighted by atomic mass is 9.83. The molecule has 0 N–H and O–H groups in total. The van der Waals surface area contributed by atoms with Gasteiger partial charge in [-0.1, -0.05) is 109 Å². The number of hydrogen-bond acceptors (Lipinski definition) is 3. The van der Waals surface area contributed by atoms with Gasteiger partial charge in [-0.2, -0.15) is 5.26 Å². The minimum absolute atomic E-state index is 0.577. The molecule has 2 aromatic heterocycles. The third-order valence-corrected chi connectivity index (χ3v) is 8.61. The number of fused-ring (bicyclic) bond motifs is 4. The zero-order valence-electron chi connectivity index (χ0n) is 24.6. The van der Waals surface area contributed by atoms with Crippen LogP contribution >= 0.6 is 0 Å². The van der Waals surface area contributed by atoms with Crippen molar-refractivity contribution in [1.29, 1.82) is 5.26 Å². The summed E-state index contributed by atoms with van der Waals surface area (Å²) in [4.78, 5) is 12.6. The molecule has 0 radical (unpaired) electrons. The smallest absolute Gasteiger partial charge is 0.190 e. The largest absolute Gasteiger partial charge is 0.259 e. The van der Waals surface area contributed by atoms with Crippen molar-refractivity contribution in [3.8, 4) is 50.8 Å². The first-order chi connectivity index (χ1) is 22.7. The van der Waals surface area contributed by atoms with Crippen molar-refractivity contribution < 1.29 is 0 Å². The van der Waals surface area contributed by atoms with Gasteiger partial charge in [-0.05, 0) is 84.4 Å². The second-order valence-electron chi connectivity index (χ2n) is 11.2. The van der Waals surface area contributed by atoms with Crippen LogP contribution in [-0.2, 0) is 0 Å². The molecule has 0 aliphatic rings. The van der Waals surface area contributed by atoms with E-state index in [1.807, 2.05) is 12.1 Å². The molecule has 0 saturated carbocycles. The molecule has 0 atom stereocenters. The van der Waals surface area contributed by atoms with Gasteiger partial charge in [-0.15, -0.1) is 0 Å². The van der Waals surface area contributed by atoms with E-state index in [0.717, 1.165) is 33.6 Å². The van der Waals surface area contributed by atoms with E-state index in [1.54, 1.807) is 24.5 Å². The molecule has 8 rings (SSSR count). The van der Waals surface area contributed by atoms with Crippen LogP contribution in [0.3, 0.4) is 0 Å². The highest BCUT2D eigenvalue weighted by Crippen LogP contribution is 2.46. The molecule has 2 heterocycles. The van der Waals surface area contributed by atoms with Crippen LogP contribution in [-0.4, -0.2) is 9.97 Å². The Balaban J connectivity index is 1.37. The van der Waals surface area contributed by atoms with Gasteiger partial charge in [-0.25, -0.2) is 4.85 Å². The highest BCUT2D eigenvalue weighted by atomic mass is 14.7. The van der Waals surface area contributed by atoms with Crippen LogP contribution in [0.5, 0.6) is 0 Å². The minimum Gasteiger partial charge on any atom is -0.259 e. The molecule has 0 aliphatic heterocycles. The van der Waals surface area contributed by atoms with E-state index in [9.17, 15) is 5.26 Å². The van der Waals surface area contributed by atoms with Crippen molar-refractivity contribution in [3.05, 3.63) is 163 Å². The molecule has 212 valence electrons. The van der Waals surface area contributed by atoms with Crippen molar-refractivity contribution in [1.82, 2.24) is 9.97 Å². The lowest BCUT2D eigenvalue weighted by Gasteiger charge is -2.19. The Hall–Kier alpha value is -6.62. The maximum Gasteiger partial charge on any atom is 0.190 e. The molecule has 4 nitrogen and oxygen atoms in total. The van der Waals surface area contributed by atoms with Crippen LogP contribution in [0.2, 0.25) is 0 Å². The van der Waals surface area contributed by atoms with E-state index in [1.165, 1.54) is 43.4 Å². The summed E-state index contributed by atoms with van der Waals surface area (Å²) >= 11 is 0. The third kappa shape index (κ3) is 4.54. The Bertz CT molecular complexity index is 2530. The van der Waals surface area contributed by atoms with Crippen LogP contribution in [0, 0.1) is 17.9 Å². The summed E-state index contributed by atoms with van der Waals surface area (Å²) in [6, 6.07) is 48.0. The lowest BCUT2D eigenvalue weighted by Crippen LogP contribution is -1.92. The Morgan fingerprint density at radius 3 is 1.76 bits per heavy atom. The minimum atomic E-state index is 0.577. The van der Waals surface area contributed by atoms with Gasteiger partial charge in [0.05, 0.1) is 29.6 Å². The molecule has 0 unspecified atom stereocenters. The van der Waals surface area contributed by atoms with Crippen molar-refractivity contribution >= 4 is 38.0 Å². The number of aromatic nitrogens is 2. The van der Waals surface area contributed by atoms with Gasteiger partial charge in [0.2, 0.25) is 0 Å². The van der Waals surface area contributed by atoms with Gasteiger partial charge in [-0.3, -0.25) is 9.97 Å². The second kappa shape index (κ2) is 11.1. The van der Waals surface area contributed by atoms with E-state index < -0.39 is 0 Å². The van der Waals surface area contributed by atoms with Crippen LogP contribution in [0.25, 0.3) is 81.9 Å². The normalized spacial score (nSPS) is 11.0. The van der Waals surface area contributed by atoms with Gasteiger partial charge in [0.1, 0.15) is 0 Å². The molecule has 8 aromatic rings. The van der Waals surface area contributed by atoms with Gasteiger partial charge < -0.3 is 0 Å². The van der Waals surface area contributed by atoms with E-state index in [-0.39, 0.29) is 0 Å². The number of nitrogens with zero attached hydrogens (tertiary/aromatic N) is 4. The molecule has 6 aromatic carbocycles. The predicted molar refractivity (Wildman–Crippen MR) is 187 cm³/mol. The van der Waals surface area contributed by atoms with Crippen LogP contribution in [0.1, 0.15) is 5.56 Å². The Morgan fingerprint density at radius 1 is 0.522 bits per heavy atom. The quantitative estimate of drug-likeness (QED) is 0.117. The molecule has 0 fully saturated rings. The molecule has 0 amide bonds. The first-order valence-corrected chi connectivity index (χ1v) is 15.0. The second-order valence-corrected chi connectivity index (χ2v) is 11.2. The van der Waals surface area contributed by atoms with Gasteiger partial charge in [0.15, 0.2) is 5.69 Å². The maximum absolute atomic E-state index is 9.38. The summed E-state index contributed by atoms with van der Waals surface area (Å²) in [6.07, 6.45) is 3.37. The maximum atomic E-state index is 9.38. The summed E-state index contributed by atoms with van der Waals surface area (Å²) in [7, 11) is 0. The fraction of sp³-hybridized carbons (Fsp3) is 0. The standard InChI is InChI=1S/C42H24N4/c1-44-33-21-23-46-39(25-33)30-12-16-32(17-13-30)41-36-9-5-4-8-35(36)40(37-19-18-28-6-2-3-7-34(28)42(37)41)31-14-10-29(11-15-31)38-24-27(26-43)20-22-45-38/h2-25H. The molecular weight excluding hydrogens is 560 g/mol. The Labute approximate surface area is 266 Å². The summed E-state index contributed by atoms with van der Waals surface area (Å²) < 4.78 is 0. The summed E-state index contributed by atoms with van der Waals surface area (Å²) in [5.41, 5.74) is 9.28. The SMILES string of the molecule is [C-]#[N+]c1ccnc(-c2ccc(-c3c4ccccc4c(-c4ccc(-c5cc(C#N)ccn5)cc4)c4ccc5ccccc5c34)cc2)c1. The average Bonchev–Trinajstić information content (AvgIpc) is 3.14. The zero-order valence-corrected chi connectivity index (χ0v) is 24.6. The first-order valence-electron chi connectivity index (χ1n) is 15.0. The Morgan fingerprint density at radius 2 is 1.09 bits per heavy atom. The monoisotopic (exact) mass is 584 g/mol. The summed E-state index contributed by atoms with van der Waals surface area (Å²) in [5, 5.41) is 16.5. The van der Waals surface area contributed by atoms with Crippen molar-refractivity contribution in [2.24, 2.45) is 0 Å². The van der Waals surface area contributed by atoms with E-state index in [2.05, 4.69) is 130 Å². The Kier molecular flexibility index (Phi) is 6.53. The molecule has 0 saturated heterocycles. The number of nitriles is 1. The number of pyridine rings is 2. The highest BCUT2D eigenvalue weighted by molar-refractivity contribution is 6.27. The number of benzene rings is 6. The molecule has 0 aliphatic carbocycles. The van der Waals surface area contributed by atoms with E-state index in [0.29, 0.717) is 11.3 Å². The van der Waals surface area contributed by atoms with Crippen LogP contribution in [0.4, 0.5) is 5.69 Å². The molecule has 4 heteroatoms. The van der Waals surface area contributed by atoms with Crippen molar-refractivity contribution in [2.45, 2.75) is 0 Å². The zero-order chi connectivity index (χ0) is 31.0. The van der Waals surface area contributed by atoms with Crippen LogP contribution < -0.4 is 0 Å². The van der Waals surface area contributed by atoms with E-state index >= 15 is 0 Å². The third-order valence-electron chi connectivity index (χ3n) is 8.61. The van der Waals surface area contributed by atoms with E-state index in [4.69, 9.17) is 6.57 Å². The molecular formula is C42H24N4. The molecule has 0 spiro atoms. The molecule has 0 bridgehead atoms. The predicted octanol–water partition coefficient (Wildman–Crippen LogP) is 11.0. The van der Waals surface area contributed by atoms with Gasteiger partial charge in [0, 0.05) is 18.0 Å². The summed E-state index contributed by atoms with van der Waals surface area (Å²) in [5.74, 6) is 0. The van der Waals surface area contributed by atoms with Crippen molar-refractivity contribution in [3.63, 3.8) is 0 Å².